The van der Waals surface area contributed by atoms with Crippen molar-refractivity contribution in [2.45, 2.75) is 4.90 Å². The van der Waals surface area contributed by atoms with Gasteiger partial charge in [0.25, 0.3) is 5.91 Å². The van der Waals surface area contributed by atoms with Crippen molar-refractivity contribution in [1.29, 1.82) is 0 Å². The molecule has 0 unspecified atom stereocenters. The van der Waals surface area contributed by atoms with Gasteiger partial charge in [-0.15, -0.1) is 0 Å². The monoisotopic (exact) mass is 437 g/mol. The van der Waals surface area contributed by atoms with Gasteiger partial charge in [-0.25, -0.2) is 17.2 Å². The number of carbonyl (C=O) groups is 2. The molecule has 0 saturated carbocycles. The number of hydrogen-bond donors (Lipinski definition) is 1. The predicted octanol–water partition coefficient (Wildman–Crippen LogP) is 1.76. The maximum absolute atomic E-state index is 13.3. The van der Waals surface area contributed by atoms with Crippen molar-refractivity contribution in [3.8, 4) is 0 Å². The largest absolute Gasteiger partial charge is 0.336 e. The summed E-state index contributed by atoms with van der Waals surface area (Å²) in [5, 5.41) is 2.71. The SMILES string of the molecule is CS(=O)(=O)c1ccc(NC(=O)CN2CCN(C(=O)c3ccc(F)c(F)c3)CC2)cc1. The first-order valence-electron chi connectivity index (χ1n) is 9.20. The smallest absolute Gasteiger partial charge is 0.254 e. The van der Waals surface area contributed by atoms with Crippen molar-refractivity contribution >= 4 is 27.3 Å². The van der Waals surface area contributed by atoms with Gasteiger partial charge in [0, 0.05) is 43.7 Å². The molecule has 0 aliphatic carbocycles. The number of hydrogen-bond acceptors (Lipinski definition) is 5. The minimum Gasteiger partial charge on any atom is -0.336 e. The zero-order valence-electron chi connectivity index (χ0n) is 16.3. The number of nitrogens with zero attached hydrogens (tertiary/aromatic N) is 2. The lowest BCUT2D eigenvalue weighted by Crippen LogP contribution is -2.50. The second kappa shape index (κ2) is 8.88. The Bertz CT molecular complexity index is 1050. The van der Waals surface area contributed by atoms with E-state index in [0.29, 0.717) is 31.9 Å². The van der Waals surface area contributed by atoms with E-state index in [9.17, 15) is 26.8 Å². The molecule has 0 radical (unpaired) electrons. The van der Waals surface area contributed by atoms with Gasteiger partial charge < -0.3 is 10.2 Å². The van der Waals surface area contributed by atoms with Gasteiger partial charge in [0.2, 0.25) is 5.91 Å². The summed E-state index contributed by atoms with van der Waals surface area (Å²) >= 11 is 0. The number of rotatable bonds is 5. The van der Waals surface area contributed by atoms with Crippen LogP contribution < -0.4 is 5.32 Å². The third-order valence-electron chi connectivity index (χ3n) is 4.76. The molecule has 0 atom stereocenters. The van der Waals surface area contributed by atoms with Crippen molar-refractivity contribution in [2.24, 2.45) is 0 Å². The predicted molar refractivity (Wildman–Crippen MR) is 107 cm³/mol. The van der Waals surface area contributed by atoms with Crippen molar-refractivity contribution in [1.82, 2.24) is 9.80 Å². The van der Waals surface area contributed by atoms with Crippen LogP contribution in [0.1, 0.15) is 10.4 Å². The molecule has 3 rings (SSSR count). The molecule has 0 aromatic heterocycles. The van der Waals surface area contributed by atoms with Gasteiger partial charge in [0.05, 0.1) is 11.4 Å². The third-order valence-corrected chi connectivity index (χ3v) is 5.89. The molecule has 0 spiro atoms. The Kier molecular flexibility index (Phi) is 6.47. The number of nitrogens with one attached hydrogen (secondary N) is 1. The van der Waals surface area contributed by atoms with Crippen LogP contribution in [0, 0.1) is 11.6 Å². The van der Waals surface area contributed by atoms with Crippen LogP contribution in [0.4, 0.5) is 14.5 Å². The average Bonchev–Trinajstić information content (AvgIpc) is 2.70. The molecule has 0 bridgehead atoms. The van der Waals surface area contributed by atoms with Gasteiger partial charge in [-0.2, -0.15) is 0 Å². The Morgan fingerprint density at radius 3 is 2.17 bits per heavy atom. The molecule has 7 nitrogen and oxygen atoms in total. The molecule has 1 N–H and O–H groups in total. The zero-order chi connectivity index (χ0) is 21.9. The van der Waals surface area contributed by atoms with Gasteiger partial charge in [-0.3, -0.25) is 14.5 Å². The van der Waals surface area contributed by atoms with Crippen LogP contribution in [-0.4, -0.2) is 69.0 Å². The Labute approximate surface area is 173 Å². The first-order chi connectivity index (χ1) is 14.1. The van der Waals surface area contributed by atoms with E-state index in [-0.39, 0.29) is 28.8 Å². The van der Waals surface area contributed by atoms with Crippen molar-refractivity contribution in [3.63, 3.8) is 0 Å². The van der Waals surface area contributed by atoms with Crippen molar-refractivity contribution < 1.29 is 26.8 Å². The fraction of sp³-hybridized carbons (Fsp3) is 0.300. The summed E-state index contributed by atoms with van der Waals surface area (Å²) in [6.45, 7) is 1.73. The van der Waals surface area contributed by atoms with Crippen molar-refractivity contribution in [2.75, 3.05) is 44.3 Å². The Morgan fingerprint density at radius 2 is 1.60 bits per heavy atom. The number of amides is 2. The summed E-state index contributed by atoms with van der Waals surface area (Å²) in [6, 6.07) is 8.94. The third kappa shape index (κ3) is 5.39. The maximum atomic E-state index is 13.3. The van der Waals surface area contributed by atoms with Crippen LogP contribution in [0.2, 0.25) is 0 Å². The molecule has 1 fully saturated rings. The summed E-state index contributed by atoms with van der Waals surface area (Å²) in [4.78, 5) is 28.2. The average molecular weight is 437 g/mol. The number of piperazine rings is 1. The van der Waals surface area contributed by atoms with E-state index in [4.69, 9.17) is 0 Å². The second-order valence-electron chi connectivity index (χ2n) is 7.04. The molecule has 1 saturated heterocycles. The molecular weight excluding hydrogens is 416 g/mol. The lowest BCUT2D eigenvalue weighted by atomic mass is 10.1. The van der Waals surface area contributed by atoms with Crippen LogP contribution in [0.25, 0.3) is 0 Å². The quantitative estimate of drug-likeness (QED) is 0.771. The highest BCUT2D eigenvalue weighted by molar-refractivity contribution is 7.90. The van der Waals surface area contributed by atoms with Crippen molar-refractivity contribution in [3.05, 3.63) is 59.7 Å². The van der Waals surface area contributed by atoms with Gasteiger partial charge in [-0.1, -0.05) is 0 Å². The van der Waals surface area contributed by atoms with E-state index in [0.717, 1.165) is 18.4 Å². The Morgan fingerprint density at radius 1 is 0.967 bits per heavy atom. The molecule has 2 aromatic carbocycles. The van der Waals surface area contributed by atoms with Crippen LogP contribution in [0.5, 0.6) is 0 Å². The topological polar surface area (TPSA) is 86.8 Å². The summed E-state index contributed by atoms with van der Waals surface area (Å²) < 4.78 is 49.3. The lowest BCUT2D eigenvalue weighted by molar-refractivity contribution is -0.117. The molecule has 160 valence electrons. The minimum absolute atomic E-state index is 0.0811. The summed E-state index contributed by atoms with van der Waals surface area (Å²) in [6.07, 6.45) is 1.11. The Balaban J connectivity index is 1.49. The van der Waals surface area contributed by atoms with E-state index in [1.807, 2.05) is 4.90 Å². The second-order valence-corrected chi connectivity index (χ2v) is 9.06. The van der Waals surface area contributed by atoms with E-state index in [2.05, 4.69) is 5.32 Å². The van der Waals surface area contributed by atoms with E-state index < -0.39 is 21.5 Å². The van der Waals surface area contributed by atoms with E-state index >= 15 is 0 Å². The number of carbonyl (C=O) groups excluding carboxylic acids is 2. The highest BCUT2D eigenvalue weighted by Gasteiger charge is 2.24. The summed E-state index contributed by atoms with van der Waals surface area (Å²) in [7, 11) is -3.30. The highest BCUT2D eigenvalue weighted by Crippen LogP contribution is 2.15. The minimum atomic E-state index is -3.30. The number of benzene rings is 2. The molecular formula is C20H21F2N3O4S. The fourth-order valence-electron chi connectivity index (χ4n) is 3.11. The molecule has 2 amide bonds. The van der Waals surface area contributed by atoms with Crippen LogP contribution in [0.3, 0.4) is 0 Å². The molecule has 1 aliphatic heterocycles. The Hall–Kier alpha value is -2.85. The van der Waals surface area contributed by atoms with Gasteiger partial charge >= 0.3 is 0 Å². The fourth-order valence-corrected chi connectivity index (χ4v) is 3.74. The molecule has 30 heavy (non-hydrogen) atoms. The van der Waals surface area contributed by atoms with E-state index in [1.165, 1.54) is 35.2 Å². The maximum Gasteiger partial charge on any atom is 0.254 e. The number of sulfone groups is 1. The normalized spacial score (nSPS) is 15.1. The highest BCUT2D eigenvalue weighted by atomic mass is 32.2. The standard InChI is InChI=1S/C20H21F2N3O4S/c1-30(28,29)16-5-3-15(4-6-16)23-19(26)13-24-8-10-25(11-9-24)20(27)14-2-7-17(21)18(22)12-14/h2-7,12H,8-11,13H2,1H3,(H,23,26). The first kappa shape index (κ1) is 21.8. The molecule has 1 aliphatic rings. The van der Waals surface area contributed by atoms with Crippen LogP contribution >= 0.6 is 0 Å². The summed E-state index contributed by atoms with van der Waals surface area (Å²) in [5.41, 5.74) is 0.567. The summed E-state index contributed by atoms with van der Waals surface area (Å²) in [5.74, 6) is -2.72. The van der Waals surface area contributed by atoms with Crippen LogP contribution in [0.15, 0.2) is 47.4 Å². The molecule has 2 aromatic rings. The van der Waals surface area contributed by atoms with E-state index in [1.54, 1.807) is 0 Å². The zero-order valence-corrected chi connectivity index (χ0v) is 17.1. The number of halogens is 2. The molecule has 1 heterocycles. The van der Waals surface area contributed by atoms with Gasteiger partial charge in [-0.05, 0) is 42.5 Å². The first-order valence-corrected chi connectivity index (χ1v) is 11.1. The lowest BCUT2D eigenvalue weighted by Gasteiger charge is -2.34. The molecule has 10 heteroatoms. The van der Waals surface area contributed by atoms with Gasteiger partial charge in [0.1, 0.15) is 0 Å². The number of anilines is 1. The van der Waals surface area contributed by atoms with Crippen LogP contribution in [-0.2, 0) is 14.6 Å². The van der Waals surface area contributed by atoms with Gasteiger partial charge in [0.15, 0.2) is 21.5 Å².